The van der Waals surface area contributed by atoms with Crippen molar-refractivity contribution in [2.75, 3.05) is 26.2 Å². The van der Waals surface area contributed by atoms with E-state index in [2.05, 4.69) is 11.8 Å². The molecule has 1 rings (SSSR count). The molecule has 0 spiro atoms. The van der Waals surface area contributed by atoms with Crippen LogP contribution >= 0.6 is 0 Å². The number of nitrogens with zero attached hydrogens (tertiary/aromatic N) is 1. The topological polar surface area (TPSA) is 29.5 Å². The molecule has 74 valence electrons. The van der Waals surface area contributed by atoms with Gasteiger partial charge in [-0.2, -0.15) is 0 Å². The van der Waals surface area contributed by atoms with Crippen LogP contribution in [0.5, 0.6) is 0 Å². The van der Waals surface area contributed by atoms with Crippen LogP contribution in [0.2, 0.25) is 0 Å². The molecule has 0 aromatic carbocycles. The molecule has 0 bridgehead atoms. The fourth-order valence-corrected chi connectivity index (χ4v) is 1.65. The molecule has 1 saturated heterocycles. The minimum Gasteiger partial charge on any atom is -0.486 e. The van der Waals surface area contributed by atoms with Crippen LogP contribution in [0.1, 0.15) is 20.3 Å². The minimum atomic E-state index is 0.441. The van der Waals surface area contributed by atoms with Crippen LogP contribution in [-0.2, 0) is 9.53 Å². The Labute approximate surface area is 79.4 Å². The van der Waals surface area contributed by atoms with Gasteiger partial charge in [0.2, 0.25) is 0 Å². The van der Waals surface area contributed by atoms with Crippen LogP contribution in [0.15, 0.2) is 5.76 Å². The first-order valence-corrected chi connectivity index (χ1v) is 4.85. The van der Waals surface area contributed by atoms with Gasteiger partial charge in [-0.25, -0.2) is 4.79 Å². The van der Waals surface area contributed by atoms with Crippen molar-refractivity contribution in [1.82, 2.24) is 4.90 Å². The second kappa shape index (κ2) is 5.05. The van der Waals surface area contributed by atoms with Gasteiger partial charge in [0.1, 0.15) is 0 Å². The van der Waals surface area contributed by atoms with Crippen molar-refractivity contribution in [2.24, 2.45) is 5.92 Å². The zero-order valence-corrected chi connectivity index (χ0v) is 8.38. The lowest BCUT2D eigenvalue weighted by Gasteiger charge is -2.15. The third-order valence-corrected chi connectivity index (χ3v) is 2.31. The van der Waals surface area contributed by atoms with Gasteiger partial charge in [0, 0.05) is 6.54 Å². The summed E-state index contributed by atoms with van der Waals surface area (Å²) < 4.78 is 5.14. The second-order valence-electron chi connectivity index (χ2n) is 3.59. The lowest BCUT2D eigenvalue weighted by atomic mass is 10.2. The molecule has 3 nitrogen and oxygen atoms in total. The molecule has 1 heterocycles. The number of ether oxygens (including phenoxy) is 1. The Morgan fingerprint density at radius 2 is 2.46 bits per heavy atom. The van der Waals surface area contributed by atoms with Crippen LogP contribution in [0.3, 0.4) is 0 Å². The van der Waals surface area contributed by atoms with Crippen molar-refractivity contribution in [3.05, 3.63) is 5.76 Å². The molecule has 0 amide bonds. The van der Waals surface area contributed by atoms with Gasteiger partial charge in [0.05, 0.1) is 13.2 Å². The van der Waals surface area contributed by atoms with Gasteiger partial charge in [0.25, 0.3) is 0 Å². The largest absolute Gasteiger partial charge is 0.486 e. The zero-order valence-electron chi connectivity index (χ0n) is 8.38. The fraction of sp³-hybridized carbons (Fsp3) is 0.800. The summed E-state index contributed by atoms with van der Waals surface area (Å²) in [6.45, 7) is 7.42. The molecule has 1 aliphatic heterocycles. The van der Waals surface area contributed by atoms with E-state index >= 15 is 0 Å². The van der Waals surface area contributed by atoms with Crippen LogP contribution in [-0.4, -0.2) is 37.1 Å². The van der Waals surface area contributed by atoms with Crippen molar-refractivity contribution >= 4 is 5.94 Å². The molecule has 13 heavy (non-hydrogen) atoms. The summed E-state index contributed by atoms with van der Waals surface area (Å²) >= 11 is 0. The van der Waals surface area contributed by atoms with Gasteiger partial charge < -0.3 is 4.74 Å². The molecule has 1 unspecified atom stereocenters. The van der Waals surface area contributed by atoms with Crippen molar-refractivity contribution in [3.8, 4) is 0 Å². The number of rotatable bonds is 4. The van der Waals surface area contributed by atoms with Crippen molar-refractivity contribution in [1.29, 1.82) is 0 Å². The molecule has 0 radical (unpaired) electrons. The average molecular weight is 183 g/mol. The first-order chi connectivity index (χ1) is 6.26. The average Bonchev–Trinajstić information content (AvgIpc) is 2.50. The first kappa shape index (κ1) is 10.3. The van der Waals surface area contributed by atoms with E-state index in [1.54, 1.807) is 0 Å². The van der Waals surface area contributed by atoms with Crippen molar-refractivity contribution in [2.45, 2.75) is 20.3 Å². The smallest absolute Gasteiger partial charge is 0.193 e. The summed E-state index contributed by atoms with van der Waals surface area (Å²) in [4.78, 5) is 12.7. The van der Waals surface area contributed by atoms with Crippen LogP contribution < -0.4 is 0 Å². The highest BCUT2D eigenvalue weighted by Gasteiger charge is 2.19. The molecule has 0 saturated carbocycles. The first-order valence-electron chi connectivity index (χ1n) is 4.85. The highest BCUT2D eigenvalue weighted by atomic mass is 16.5. The van der Waals surface area contributed by atoms with Gasteiger partial charge in [0.15, 0.2) is 11.7 Å². The maximum Gasteiger partial charge on any atom is 0.193 e. The quantitative estimate of drug-likeness (QED) is 0.482. The van der Waals surface area contributed by atoms with Gasteiger partial charge in [-0.05, 0) is 25.8 Å². The lowest BCUT2D eigenvalue weighted by Crippen LogP contribution is -2.24. The number of likely N-dealkylation sites (tertiary alicyclic amines) is 1. The normalized spacial score (nSPS) is 22.8. The van der Waals surface area contributed by atoms with E-state index in [9.17, 15) is 4.79 Å². The number of hydrogen-bond acceptors (Lipinski definition) is 3. The highest BCUT2D eigenvalue weighted by molar-refractivity contribution is 5.49. The summed E-state index contributed by atoms with van der Waals surface area (Å²) in [5, 5.41) is 0. The summed E-state index contributed by atoms with van der Waals surface area (Å²) in [5.74, 6) is 3.03. The van der Waals surface area contributed by atoms with Crippen molar-refractivity contribution in [3.63, 3.8) is 0 Å². The predicted octanol–water partition coefficient (Wildman–Crippen LogP) is 1.08. The molecule has 0 aliphatic carbocycles. The SMILES string of the molecule is CCOC(=C=O)CN1CCC(C)C1. The molecule has 1 atom stereocenters. The second-order valence-corrected chi connectivity index (χ2v) is 3.59. The minimum absolute atomic E-state index is 0.441. The molecule has 0 aromatic heterocycles. The summed E-state index contributed by atoms with van der Waals surface area (Å²) in [7, 11) is 0. The van der Waals surface area contributed by atoms with Crippen molar-refractivity contribution < 1.29 is 9.53 Å². The number of hydrogen-bond donors (Lipinski definition) is 0. The molecule has 1 fully saturated rings. The Hall–Kier alpha value is -0.790. The molecule has 0 aromatic rings. The van der Waals surface area contributed by atoms with E-state index in [-0.39, 0.29) is 0 Å². The van der Waals surface area contributed by atoms with Gasteiger partial charge in [-0.15, -0.1) is 0 Å². The van der Waals surface area contributed by atoms with Crippen LogP contribution in [0, 0.1) is 5.92 Å². The Morgan fingerprint density at radius 3 is 2.92 bits per heavy atom. The summed E-state index contributed by atoms with van der Waals surface area (Å²) in [6, 6.07) is 0. The Bertz CT molecular complexity index is 209. The molecule has 0 N–H and O–H groups in total. The highest BCUT2D eigenvalue weighted by Crippen LogP contribution is 2.15. The Balaban J connectivity index is 2.34. The zero-order chi connectivity index (χ0) is 9.68. The van der Waals surface area contributed by atoms with Gasteiger partial charge in [-0.3, -0.25) is 4.90 Å². The third kappa shape index (κ3) is 3.21. The van der Waals surface area contributed by atoms with E-state index in [0.717, 1.165) is 19.0 Å². The Morgan fingerprint density at radius 1 is 1.69 bits per heavy atom. The van der Waals surface area contributed by atoms with E-state index in [4.69, 9.17) is 4.74 Å². The monoisotopic (exact) mass is 183 g/mol. The molecule has 3 heteroatoms. The summed E-state index contributed by atoms with van der Waals surface area (Å²) in [6.07, 6.45) is 1.22. The number of carbonyl (C=O) groups excluding carboxylic acids is 1. The van der Waals surface area contributed by atoms with Gasteiger partial charge >= 0.3 is 0 Å². The third-order valence-electron chi connectivity index (χ3n) is 2.31. The van der Waals surface area contributed by atoms with E-state index in [1.165, 1.54) is 6.42 Å². The maximum atomic E-state index is 10.5. The maximum absolute atomic E-state index is 10.5. The van der Waals surface area contributed by atoms with E-state index < -0.39 is 0 Å². The standard InChI is InChI=1S/C10H17NO2/c1-3-13-10(8-12)7-11-5-4-9(2)6-11/h9H,3-7H2,1-2H3. The predicted molar refractivity (Wildman–Crippen MR) is 51.1 cm³/mol. The van der Waals surface area contributed by atoms with Gasteiger partial charge in [-0.1, -0.05) is 6.92 Å². The van der Waals surface area contributed by atoms with E-state index in [0.29, 0.717) is 18.9 Å². The lowest BCUT2D eigenvalue weighted by molar-refractivity contribution is 0.194. The fourth-order valence-electron chi connectivity index (χ4n) is 1.65. The van der Waals surface area contributed by atoms with Crippen LogP contribution in [0.25, 0.3) is 0 Å². The van der Waals surface area contributed by atoms with E-state index in [1.807, 2.05) is 12.9 Å². The molecule has 1 aliphatic rings. The molecular weight excluding hydrogens is 166 g/mol. The molecular formula is C10H17NO2. The van der Waals surface area contributed by atoms with Crippen LogP contribution in [0.4, 0.5) is 0 Å². The Kier molecular flexibility index (Phi) is 4.00. The summed E-state index contributed by atoms with van der Waals surface area (Å²) in [5.41, 5.74) is 0.